The lowest BCUT2D eigenvalue weighted by Crippen LogP contribution is -2.26. The minimum Gasteiger partial charge on any atom is -0.412 e. The van der Waals surface area contributed by atoms with E-state index in [1.807, 2.05) is 0 Å². The number of hydrogen-bond acceptors (Lipinski definition) is 4. The molecule has 2 N–H and O–H groups in total. The molecule has 94 valence electrons. The number of aromatic amines is 1. The molecule has 1 amide bonds. The molecular formula is C11H10ClN3O2S. The van der Waals surface area contributed by atoms with E-state index in [-0.39, 0.29) is 16.8 Å². The van der Waals surface area contributed by atoms with Crippen molar-refractivity contribution in [1.82, 2.24) is 15.5 Å². The van der Waals surface area contributed by atoms with E-state index in [2.05, 4.69) is 15.5 Å². The van der Waals surface area contributed by atoms with Crippen LogP contribution in [0.25, 0.3) is 0 Å². The highest BCUT2D eigenvalue weighted by molar-refractivity contribution is 7.71. The molecule has 0 bridgehead atoms. The van der Waals surface area contributed by atoms with Gasteiger partial charge in [-0.25, -0.2) is 5.10 Å². The number of rotatable bonds is 3. The fraction of sp³-hybridized carbons (Fsp3) is 0.182. The molecule has 0 aliphatic rings. The predicted molar refractivity (Wildman–Crippen MR) is 69.0 cm³/mol. The van der Waals surface area contributed by atoms with E-state index in [4.69, 9.17) is 28.2 Å². The molecule has 7 heteroatoms. The van der Waals surface area contributed by atoms with Crippen LogP contribution >= 0.6 is 23.8 Å². The van der Waals surface area contributed by atoms with Crippen LogP contribution in [0, 0.1) is 4.84 Å². The van der Waals surface area contributed by atoms with Crippen molar-refractivity contribution >= 4 is 29.7 Å². The Balaban J connectivity index is 2.07. The molecule has 1 aromatic carbocycles. The van der Waals surface area contributed by atoms with Gasteiger partial charge in [0.1, 0.15) is 6.04 Å². The molecule has 0 saturated carbocycles. The van der Waals surface area contributed by atoms with Gasteiger partial charge in [0, 0.05) is 10.6 Å². The Bertz CT molecular complexity index is 605. The Morgan fingerprint density at radius 3 is 2.72 bits per heavy atom. The smallest absolute Gasteiger partial charge is 0.284 e. The SMILES string of the molecule is C[C@H](NC(=O)c1ccc(Cl)cc1)c1n[nH]c(=S)o1. The molecule has 18 heavy (non-hydrogen) atoms. The van der Waals surface area contributed by atoms with E-state index in [0.717, 1.165) is 0 Å². The van der Waals surface area contributed by atoms with Crippen LogP contribution in [-0.4, -0.2) is 16.1 Å². The molecule has 0 unspecified atom stereocenters. The molecule has 1 atom stereocenters. The first-order chi connectivity index (χ1) is 8.56. The largest absolute Gasteiger partial charge is 0.412 e. The molecule has 0 radical (unpaired) electrons. The third-order valence-corrected chi connectivity index (χ3v) is 2.71. The Morgan fingerprint density at radius 2 is 2.17 bits per heavy atom. The highest BCUT2D eigenvalue weighted by atomic mass is 35.5. The number of H-pyrrole nitrogens is 1. The molecular weight excluding hydrogens is 274 g/mol. The monoisotopic (exact) mass is 283 g/mol. The molecule has 1 aromatic heterocycles. The Labute approximate surface area is 113 Å². The summed E-state index contributed by atoms with van der Waals surface area (Å²) in [7, 11) is 0. The second kappa shape index (κ2) is 5.32. The van der Waals surface area contributed by atoms with Crippen LogP contribution in [0.15, 0.2) is 28.7 Å². The number of carbonyl (C=O) groups is 1. The summed E-state index contributed by atoms with van der Waals surface area (Å²) in [6.07, 6.45) is 0. The first-order valence-corrected chi connectivity index (χ1v) is 5.96. The third kappa shape index (κ3) is 2.96. The van der Waals surface area contributed by atoms with E-state index in [1.54, 1.807) is 31.2 Å². The van der Waals surface area contributed by atoms with Crippen molar-refractivity contribution in [1.29, 1.82) is 0 Å². The normalized spacial score (nSPS) is 12.1. The molecule has 2 rings (SSSR count). The first-order valence-electron chi connectivity index (χ1n) is 5.18. The second-order valence-electron chi connectivity index (χ2n) is 3.65. The molecule has 2 aromatic rings. The minimum absolute atomic E-state index is 0.178. The van der Waals surface area contributed by atoms with Crippen LogP contribution in [0.2, 0.25) is 5.02 Å². The van der Waals surface area contributed by atoms with Crippen LogP contribution in [-0.2, 0) is 0 Å². The minimum atomic E-state index is -0.374. The number of amides is 1. The zero-order valence-corrected chi connectivity index (χ0v) is 11.0. The molecule has 5 nitrogen and oxygen atoms in total. The zero-order valence-electron chi connectivity index (χ0n) is 9.44. The van der Waals surface area contributed by atoms with Gasteiger partial charge in [-0.2, -0.15) is 0 Å². The maximum absolute atomic E-state index is 11.9. The van der Waals surface area contributed by atoms with Gasteiger partial charge in [0.2, 0.25) is 5.89 Å². The number of aromatic nitrogens is 2. The standard InChI is InChI=1S/C11H10ClN3O2S/c1-6(10-14-15-11(18)17-10)13-9(16)7-2-4-8(12)5-3-7/h2-6H,1H3,(H,13,16)(H,15,18)/t6-/m0/s1. The van der Waals surface area contributed by atoms with E-state index in [1.165, 1.54) is 0 Å². The van der Waals surface area contributed by atoms with Gasteiger partial charge in [-0.05, 0) is 43.4 Å². The number of benzene rings is 1. The lowest BCUT2D eigenvalue weighted by atomic mass is 10.2. The number of carbonyl (C=O) groups excluding carboxylic acids is 1. The molecule has 0 spiro atoms. The van der Waals surface area contributed by atoms with Gasteiger partial charge in [0.15, 0.2) is 0 Å². The van der Waals surface area contributed by atoms with Crippen LogP contribution in [0.1, 0.15) is 29.2 Å². The quantitative estimate of drug-likeness (QED) is 0.850. The number of halogens is 1. The topological polar surface area (TPSA) is 70.9 Å². The Hall–Kier alpha value is -1.66. The van der Waals surface area contributed by atoms with Crippen LogP contribution in [0.4, 0.5) is 0 Å². The lowest BCUT2D eigenvalue weighted by Gasteiger charge is -2.09. The average molecular weight is 284 g/mol. The van der Waals surface area contributed by atoms with Crippen molar-refractivity contribution < 1.29 is 9.21 Å². The maximum atomic E-state index is 11.9. The van der Waals surface area contributed by atoms with Crippen molar-refractivity contribution in [3.63, 3.8) is 0 Å². The fourth-order valence-electron chi connectivity index (χ4n) is 1.37. The summed E-state index contributed by atoms with van der Waals surface area (Å²) in [5, 5.41) is 9.67. The maximum Gasteiger partial charge on any atom is 0.284 e. The first kappa shape index (κ1) is 12.8. The van der Waals surface area contributed by atoms with E-state index >= 15 is 0 Å². The summed E-state index contributed by atoms with van der Waals surface area (Å²) in [6.45, 7) is 1.75. The molecule has 1 heterocycles. The van der Waals surface area contributed by atoms with Gasteiger partial charge < -0.3 is 9.73 Å². The summed E-state index contributed by atoms with van der Waals surface area (Å²) >= 11 is 10.5. The predicted octanol–water partition coefficient (Wildman–Crippen LogP) is 2.88. The van der Waals surface area contributed by atoms with Gasteiger partial charge >= 0.3 is 0 Å². The van der Waals surface area contributed by atoms with Crippen molar-refractivity contribution in [3.05, 3.63) is 45.6 Å². The van der Waals surface area contributed by atoms with Gasteiger partial charge in [-0.15, -0.1) is 5.10 Å². The molecule has 0 saturated heterocycles. The van der Waals surface area contributed by atoms with E-state index in [0.29, 0.717) is 16.5 Å². The summed E-state index contributed by atoms with van der Waals surface area (Å²) in [6, 6.07) is 6.22. The number of nitrogens with one attached hydrogen (secondary N) is 2. The van der Waals surface area contributed by atoms with Crippen LogP contribution in [0.3, 0.4) is 0 Å². The summed E-state index contributed by atoms with van der Waals surface area (Å²) < 4.78 is 5.11. The average Bonchev–Trinajstić information content (AvgIpc) is 2.76. The second-order valence-corrected chi connectivity index (χ2v) is 4.46. The highest BCUT2D eigenvalue weighted by Crippen LogP contribution is 2.12. The van der Waals surface area contributed by atoms with Gasteiger partial charge in [-0.3, -0.25) is 4.79 Å². The van der Waals surface area contributed by atoms with Gasteiger partial charge in [-0.1, -0.05) is 11.6 Å². The third-order valence-electron chi connectivity index (χ3n) is 2.28. The van der Waals surface area contributed by atoms with Gasteiger partial charge in [0.25, 0.3) is 10.7 Å². The van der Waals surface area contributed by atoms with E-state index < -0.39 is 0 Å². The van der Waals surface area contributed by atoms with Crippen molar-refractivity contribution in [2.45, 2.75) is 13.0 Å². The zero-order chi connectivity index (χ0) is 13.1. The fourth-order valence-corrected chi connectivity index (χ4v) is 1.63. The Morgan fingerprint density at radius 1 is 1.50 bits per heavy atom. The summed E-state index contributed by atoms with van der Waals surface area (Å²) in [4.78, 5) is 12.1. The molecule has 0 fully saturated rings. The number of hydrogen-bond donors (Lipinski definition) is 2. The van der Waals surface area contributed by atoms with Crippen molar-refractivity contribution in [2.24, 2.45) is 0 Å². The van der Waals surface area contributed by atoms with Gasteiger partial charge in [0.05, 0.1) is 0 Å². The summed E-state index contributed by atoms with van der Waals surface area (Å²) in [5.74, 6) is 0.102. The summed E-state index contributed by atoms with van der Waals surface area (Å²) in [5.41, 5.74) is 0.514. The molecule has 0 aliphatic heterocycles. The highest BCUT2D eigenvalue weighted by Gasteiger charge is 2.15. The van der Waals surface area contributed by atoms with Crippen LogP contribution in [0.5, 0.6) is 0 Å². The van der Waals surface area contributed by atoms with Crippen LogP contribution < -0.4 is 5.32 Å². The Kier molecular flexibility index (Phi) is 3.78. The van der Waals surface area contributed by atoms with Crippen molar-refractivity contribution in [3.8, 4) is 0 Å². The van der Waals surface area contributed by atoms with Crippen molar-refractivity contribution in [2.75, 3.05) is 0 Å². The van der Waals surface area contributed by atoms with E-state index in [9.17, 15) is 4.79 Å². The molecule has 0 aliphatic carbocycles. The number of nitrogens with zero attached hydrogens (tertiary/aromatic N) is 1. The lowest BCUT2D eigenvalue weighted by molar-refractivity contribution is 0.0934.